The highest BCUT2D eigenvalue weighted by molar-refractivity contribution is 6.05. The Morgan fingerprint density at radius 2 is 2.12 bits per heavy atom. The van der Waals surface area contributed by atoms with Gasteiger partial charge in [0.15, 0.2) is 18.2 Å². The fourth-order valence-corrected chi connectivity index (χ4v) is 3.33. The average Bonchev–Trinajstić information content (AvgIpc) is 3.04. The fourth-order valence-electron chi connectivity index (χ4n) is 3.33. The van der Waals surface area contributed by atoms with Crippen LogP contribution < -0.4 is 5.32 Å². The number of amides is 1. The number of ether oxygens (including phenoxy) is 1. The molecule has 1 amide bonds. The van der Waals surface area contributed by atoms with Crippen LogP contribution in [0.1, 0.15) is 25.7 Å². The molecule has 7 heteroatoms. The molecule has 1 fully saturated rings. The van der Waals surface area contributed by atoms with Gasteiger partial charge in [-0.3, -0.25) is 9.59 Å². The monoisotopic (exact) mass is 328 g/mol. The molecule has 0 spiro atoms. The molecule has 0 aromatic carbocycles. The number of hydrogen-bond donors (Lipinski definition) is 1. The zero-order chi connectivity index (χ0) is 16.5. The number of ketones is 1. The number of Topliss-reactive ketones (excluding diaryl/α,β-unsaturated/α-hetero) is 1. The Balaban J connectivity index is 1.38. The molecule has 1 saturated heterocycles. The van der Waals surface area contributed by atoms with Gasteiger partial charge in [0.05, 0.1) is 12.2 Å². The predicted octanol–water partition coefficient (Wildman–Crippen LogP) is 0.872. The first-order valence-electron chi connectivity index (χ1n) is 8.38. The first-order valence-corrected chi connectivity index (χ1v) is 8.38. The summed E-state index contributed by atoms with van der Waals surface area (Å²) < 4.78 is 5.72. The van der Waals surface area contributed by atoms with E-state index in [0.29, 0.717) is 24.5 Å². The summed E-state index contributed by atoms with van der Waals surface area (Å²) in [5.41, 5.74) is 1.42. The van der Waals surface area contributed by atoms with Gasteiger partial charge >= 0.3 is 0 Å². The Labute approximate surface area is 140 Å². The molecule has 0 aromatic heterocycles. The van der Waals surface area contributed by atoms with E-state index in [4.69, 9.17) is 4.74 Å². The van der Waals surface area contributed by atoms with Crippen molar-refractivity contribution >= 4 is 17.9 Å². The normalized spacial score (nSPS) is 22.6. The van der Waals surface area contributed by atoms with Gasteiger partial charge in [-0.05, 0) is 19.3 Å². The predicted molar refractivity (Wildman–Crippen MR) is 87.5 cm³/mol. The largest absolute Gasteiger partial charge is 0.486 e. The van der Waals surface area contributed by atoms with Crippen molar-refractivity contribution in [2.24, 2.45) is 4.99 Å². The Morgan fingerprint density at radius 3 is 2.96 bits per heavy atom. The minimum absolute atomic E-state index is 0.0324. The van der Waals surface area contributed by atoms with Crippen LogP contribution in [0.3, 0.4) is 0 Å². The van der Waals surface area contributed by atoms with Crippen molar-refractivity contribution in [2.75, 3.05) is 26.2 Å². The number of piperidine rings is 1. The van der Waals surface area contributed by atoms with E-state index in [1.54, 1.807) is 12.4 Å². The van der Waals surface area contributed by atoms with E-state index in [-0.39, 0.29) is 18.3 Å². The molecule has 126 valence electrons. The molecule has 4 aliphatic heterocycles. The third-order valence-electron chi connectivity index (χ3n) is 4.64. The highest BCUT2D eigenvalue weighted by Gasteiger charge is 2.32. The maximum absolute atomic E-state index is 12.2. The van der Waals surface area contributed by atoms with Crippen molar-refractivity contribution < 1.29 is 14.3 Å². The molecule has 7 nitrogen and oxygen atoms in total. The molecule has 0 aliphatic carbocycles. The molecule has 0 atom stereocenters. The third kappa shape index (κ3) is 2.70. The molecule has 0 saturated carbocycles. The number of nitrogens with one attached hydrogen (secondary N) is 1. The number of fused-ring (bicyclic) bond motifs is 2. The molecular formula is C17H20N4O3. The SMILES string of the molecule is O=C1CC=NC2=C1NC=C1C=C(OCC(=O)N3CCCCC3)CN12. The van der Waals surface area contributed by atoms with Crippen LogP contribution in [-0.4, -0.2) is 53.9 Å². The molecule has 0 unspecified atom stereocenters. The molecule has 0 radical (unpaired) electrons. The number of aliphatic imine (C=N–C) groups is 1. The molecule has 4 rings (SSSR count). The van der Waals surface area contributed by atoms with Crippen molar-refractivity contribution in [3.63, 3.8) is 0 Å². The summed E-state index contributed by atoms with van der Waals surface area (Å²) in [7, 11) is 0. The number of likely N-dealkylation sites (tertiary alicyclic amines) is 1. The maximum atomic E-state index is 12.2. The summed E-state index contributed by atoms with van der Waals surface area (Å²) in [4.78, 5) is 32.3. The first-order chi connectivity index (χ1) is 11.7. The first kappa shape index (κ1) is 15.0. The summed E-state index contributed by atoms with van der Waals surface area (Å²) >= 11 is 0. The van der Waals surface area contributed by atoms with Crippen molar-refractivity contribution in [1.29, 1.82) is 0 Å². The third-order valence-corrected chi connectivity index (χ3v) is 4.64. The average molecular weight is 328 g/mol. The topological polar surface area (TPSA) is 74.2 Å². The van der Waals surface area contributed by atoms with Crippen LogP contribution in [0.5, 0.6) is 0 Å². The van der Waals surface area contributed by atoms with Crippen molar-refractivity contribution in [3.05, 3.63) is 35.3 Å². The summed E-state index contributed by atoms with van der Waals surface area (Å²) in [6.45, 7) is 2.21. The highest BCUT2D eigenvalue weighted by atomic mass is 16.5. The van der Waals surface area contributed by atoms with Crippen LogP contribution in [0.25, 0.3) is 0 Å². The smallest absolute Gasteiger partial charge is 0.260 e. The van der Waals surface area contributed by atoms with Gasteiger partial charge in [0.25, 0.3) is 5.91 Å². The minimum atomic E-state index is 0.0324. The standard InChI is InChI=1S/C17H20N4O3/c22-14-4-5-18-17-16(14)19-9-12-8-13(10-21(12)17)24-11-15(23)20-6-2-1-3-7-20/h5,8-9,19H,1-4,6-7,10-11H2. The van der Waals surface area contributed by atoms with Crippen LogP contribution >= 0.6 is 0 Å². The second-order valence-electron chi connectivity index (χ2n) is 6.28. The number of hydrogen-bond acceptors (Lipinski definition) is 6. The van der Waals surface area contributed by atoms with Gasteiger partial charge < -0.3 is 19.9 Å². The van der Waals surface area contributed by atoms with Gasteiger partial charge in [-0.1, -0.05) is 0 Å². The second kappa shape index (κ2) is 6.14. The van der Waals surface area contributed by atoms with E-state index >= 15 is 0 Å². The number of rotatable bonds is 3. The molecule has 0 bridgehead atoms. The van der Waals surface area contributed by atoms with Crippen molar-refractivity contribution in [2.45, 2.75) is 25.7 Å². The van der Waals surface area contributed by atoms with Gasteiger partial charge in [0, 0.05) is 38.0 Å². The summed E-state index contributed by atoms with van der Waals surface area (Å²) in [5.74, 6) is 1.42. The highest BCUT2D eigenvalue weighted by Crippen LogP contribution is 2.31. The molecule has 4 heterocycles. The van der Waals surface area contributed by atoms with Gasteiger partial charge in [-0.25, -0.2) is 4.99 Å². The number of carbonyl (C=O) groups is 2. The zero-order valence-corrected chi connectivity index (χ0v) is 13.5. The maximum Gasteiger partial charge on any atom is 0.260 e. The van der Waals surface area contributed by atoms with Crippen molar-refractivity contribution in [3.8, 4) is 0 Å². The molecule has 24 heavy (non-hydrogen) atoms. The van der Waals surface area contributed by atoms with Gasteiger partial charge in [-0.2, -0.15) is 0 Å². The number of nitrogens with zero attached hydrogens (tertiary/aromatic N) is 3. The van der Waals surface area contributed by atoms with Crippen LogP contribution in [0.2, 0.25) is 0 Å². The Kier molecular flexibility index (Phi) is 3.84. The quantitative estimate of drug-likeness (QED) is 0.832. The van der Waals surface area contributed by atoms with E-state index in [1.165, 1.54) is 6.42 Å². The van der Waals surface area contributed by atoms with Crippen LogP contribution in [-0.2, 0) is 14.3 Å². The summed E-state index contributed by atoms with van der Waals surface area (Å²) in [5, 5.41) is 3.02. The van der Waals surface area contributed by atoms with E-state index in [0.717, 1.165) is 37.4 Å². The van der Waals surface area contributed by atoms with Crippen LogP contribution in [0.4, 0.5) is 0 Å². The lowest BCUT2D eigenvalue weighted by molar-refractivity contribution is -0.135. The molecular weight excluding hydrogens is 308 g/mol. The lowest BCUT2D eigenvalue weighted by Crippen LogP contribution is -2.38. The Bertz CT molecular complexity index is 699. The molecule has 1 N–H and O–H groups in total. The molecule has 0 aromatic rings. The number of allylic oxidation sites excluding steroid dienone is 2. The van der Waals surface area contributed by atoms with E-state index in [9.17, 15) is 9.59 Å². The minimum Gasteiger partial charge on any atom is -0.486 e. The van der Waals surface area contributed by atoms with E-state index in [2.05, 4.69) is 10.3 Å². The van der Waals surface area contributed by atoms with E-state index < -0.39 is 0 Å². The fraction of sp³-hybridized carbons (Fsp3) is 0.471. The van der Waals surface area contributed by atoms with Crippen molar-refractivity contribution in [1.82, 2.24) is 15.1 Å². The Hall–Kier alpha value is -2.57. The number of carbonyl (C=O) groups excluding carboxylic acids is 2. The zero-order valence-electron chi connectivity index (χ0n) is 13.5. The van der Waals surface area contributed by atoms with Gasteiger partial charge in [0.1, 0.15) is 11.5 Å². The van der Waals surface area contributed by atoms with Gasteiger partial charge in [0.2, 0.25) is 0 Å². The summed E-state index contributed by atoms with van der Waals surface area (Å²) in [6, 6.07) is 0. The lowest BCUT2D eigenvalue weighted by Gasteiger charge is -2.29. The molecule has 4 aliphatic rings. The lowest BCUT2D eigenvalue weighted by atomic mass is 10.1. The van der Waals surface area contributed by atoms with Crippen LogP contribution in [0.15, 0.2) is 40.2 Å². The van der Waals surface area contributed by atoms with E-state index in [1.807, 2.05) is 15.9 Å². The van der Waals surface area contributed by atoms with Gasteiger partial charge in [-0.15, -0.1) is 0 Å². The second-order valence-corrected chi connectivity index (χ2v) is 6.28. The Morgan fingerprint density at radius 1 is 1.29 bits per heavy atom. The van der Waals surface area contributed by atoms with Crippen LogP contribution in [0, 0.1) is 0 Å². The summed E-state index contributed by atoms with van der Waals surface area (Å²) in [6.07, 6.45) is 8.96.